The van der Waals surface area contributed by atoms with E-state index in [4.69, 9.17) is 5.73 Å². The molecule has 2 aromatic carbocycles. The van der Waals surface area contributed by atoms with E-state index in [9.17, 15) is 0 Å². The molecule has 2 rings (SSSR count). The Bertz CT molecular complexity index is 487. The van der Waals surface area contributed by atoms with Crippen molar-refractivity contribution < 1.29 is 0 Å². The molecule has 0 amide bonds. The number of nitrogens with two attached hydrogens (primary N) is 1. The smallest absolute Gasteiger partial charge is 0.00712 e. The van der Waals surface area contributed by atoms with Gasteiger partial charge in [-0.05, 0) is 42.9 Å². The number of benzene rings is 2. The first-order chi connectivity index (χ1) is 9.22. The van der Waals surface area contributed by atoms with Crippen molar-refractivity contribution in [3.05, 3.63) is 71.3 Å². The van der Waals surface area contributed by atoms with Gasteiger partial charge in [-0.3, -0.25) is 0 Å². The quantitative estimate of drug-likeness (QED) is 0.847. The van der Waals surface area contributed by atoms with E-state index in [0.29, 0.717) is 11.8 Å². The predicted molar refractivity (Wildman–Crippen MR) is 82.4 cm³/mol. The van der Waals surface area contributed by atoms with E-state index >= 15 is 0 Å². The maximum absolute atomic E-state index is 5.81. The van der Waals surface area contributed by atoms with E-state index in [1.165, 1.54) is 16.7 Å². The fourth-order valence-electron chi connectivity index (χ4n) is 2.69. The van der Waals surface area contributed by atoms with Gasteiger partial charge < -0.3 is 5.73 Å². The zero-order chi connectivity index (χ0) is 13.7. The summed E-state index contributed by atoms with van der Waals surface area (Å²) in [6.07, 6.45) is 1.03. The van der Waals surface area contributed by atoms with Gasteiger partial charge in [-0.1, -0.05) is 67.1 Å². The van der Waals surface area contributed by atoms with Crippen LogP contribution in [-0.4, -0.2) is 6.54 Å². The van der Waals surface area contributed by atoms with Crippen molar-refractivity contribution in [2.24, 2.45) is 5.73 Å². The van der Waals surface area contributed by atoms with Gasteiger partial charge >= 0.3 is 0 Å². The van der Waals surface area contributed by atoms with Crippen LogP contribution < -0.4 is 5.73 Å². The number of aryl methyl sites for hydroxylation is 1. The Morgan fingerprint density at radius 3 is 2.11 bits per heavy atom. The second kappa shape index (κ2) is 6.53. The lowest BCUT2D eigenvalue weighted by molar-refractivity contribution is 0.541. The molecular weight excluding hydrogens is 230 g/mol. The average Bonchev–Trinajstić information content (AvgIpc) is 2.46. The zero-order valence-corrected chi connectivity index (χ0v) is 11.8. The van der Waals surface area contributed by atoms with Gasteiger partial charge in [0.1, 0.15) is 0 Å². The van der Waals surface area contributed by atoms with Crippen molar-refractivity contribution in [3.8, 4) is 0 Å². The van der Waals surface area contributed by atoms with Crippen LogP contribution in [0.1, 0.15) is 41.9 Å². The van der Waals surface area contributed by atoms with Gasteiger partial charge in [0.05, 0.1) is 0 Å². The Hall–Kier alpha value is -1.60. The molecule has 2 aromatic rings. The fourth-order valence-corrected chi connectivity index (χ4v) is 2.69. The maximum Gasteiger partial charge on any atom is -0.00712 e. The van der Waals surface area contributed by atoms with Crippen LogP contribution in [0.25, 0.3) is 0 Å². The van der Waals surface area contributed by atoms with Crippen molar-refractivity contribution in [2.75, 3.05) is 6.54 Å². The van der Waals surface area contributed by atoms with Crippen LogP contribution in [0.3, 0.4) is 0 Å². The summed E-state index contributed by atoms with van der Waals surface area (Å²) in [6.45, 7) is 5.16. The highest BCUT2D eigenvalue weighted by Gasteiger charge is 2.19. The molecule has 0 aliphatic rings. The van der Waals surface area contributed by atoms with E-state index in [-0.39, 0.29) is 0 Å². The van der Waals surface area contributed by atoms with Crippen molar-refractivity contribution in [1.29, 1.82) is 0 Å². The van der Waals surface area contributed by atoms with Crippen LogP contribution in [0.15, 0.2) is 54.6 Å². The second-order valence-corrected chi connectivity index (χ2v) is 5.29. The summed E-state index contributed by atoms with van der Waals surface area (Å²) >= 11 is 0. The van der Waals surface area contributed by atoms with Gasteiger partial charge in [0.2, 0.25) is 0 Å². The Kier molecular flexibility index (Phi) is 4.75. The highest BCUT2D eigenvalue weighted by atomic mass is 14.5. The first kappa shape index (κ1) is 13.8. The summed E-state index contributed by atoms with van der Waals surface area (Å²) in [5.74, 6) is 0.987. The van der Waals surface area contributed by atoms with Crippen LogP contribution in [0.4, 0.5) is 0 Å². The van der Waals surface area contributed by atoms with Crippen LogP contribution in [0.2, 0.25) is 0 Å². The first-order valence-electron chi connectivity index (χ1n) is 7.04. The molecule has 1 heteroatoms. The first-order valence-corrected chi connectivity index (χ1v) is 7.04. The molecule has 0 radical (unpaired) electrons. The van der Waals surface area contributed by atoms with Crippen LogP contribution in [0, 0.1) is 6.92 Å². The molecule has 19 heavy (non-hydrogen) atoms. The molecule has 0 heterocycles. The summed E-state index contributed by atoms with van der Waals surface area (Å²) in [7, 11) is 0. The molecule has 2 unspecified atom stereocenters. The molecule has 2 N–H and O–H groups in total. The molecule has 1 nitrogen and oxygen atoms in total. The van der Waals surface area contributed by atoms with Gasteiger partial charge in [-0.15, -0.1) is 0 Å². The molecule has 0 saturated heterocycles. The molecule has 0 saturated carbocycles. The minimum Gasteiger partial charge on any atom is -0.330 e. The number of hydrogen-bond donors (Lipinski definition) is 1. The predicted octanol–water partition coefficient (Wildman–Crippen LogP) is 4.23. The summed E-state index contributed by atoms with van der Waals surface area (Å²) < 4.78 is 0. The van der Waals surface area contributed by atoms with E-state index in [1.807, 2.05) is 0 Å². The van der Waals surface area contributed by atoms with Gasteiger partial charge in [0, 0.05) is 0 Å². The van der Waals surface area contributed by atoms with Gasteiger partial charge in [0.25, 0.3) is 0 Å². The second-order valence-electron chi connectivity index (χ2n) is 5.29. The molecule has 0 aliphatic heterocycles. The number of rotatable bonds is 5. The normalized spacial score (nSPS) is 14.1. The lowest BCUT2D eigenvalue weighted by Crippen LogP contribution is -2.13. The third-order valence-corrected chi connectivity index (χ3v) is 3.91. The van der Waals surface area contributed by atoms with Crippen LogP contribution in [-0.2, 0) is 0 Å². The Balaban J connectivity index is 2.26. The number of hydrogen-bond acceptors (Lipinski definition) is 1. The Morgan fingerprint density at radius 2 is 1.53 bits per heavy atom. The molecule has 0 bridgehead atoms. The van der Waals surface area contributed by atoms with Crippen LogP contribution in [0.5, 0.6) is 0 Å². The molecule has 2 atom stereocenters. The van der Waals surface area contributed by atoms with Crippen molar-refractivity contribution in [2.45, 2.75) is 32.1 Å². The van der Waals surface area contributed by atoms with Crippen molar-refractivity contribution in [3.63, 3.8) is 0 Å². The molecule has 100 valence electrons. The minimum absolute atomic E-state index is 0.492. The van der Waals surface area contributed by atoms with Crippen molar-refractivity contribution >= 4 is 0 Å². The molecule has 0 aliphatic carbocycles. The van der Waals surface area contributed by atoms with E-state index < -0.39 is 0 Å². The highest BCUT2D eigenvalue weighted by molar-refractivity contribution is 5.30. The summed E-state index contributed by atoms with van der Waals surface area (Å²) in [6, 6.07) is 19.6. The Morgan fingerprint density at radius 1 is 0.895 bits per heavy atom. The summed E-state index contributed by atoms with van der Waals surface area (Å²) in [4.78, 5) is 0. The van der Waals surface area contributed by atoms with Gasteiger partial charge in [-0.2, -0.15) is 0 Å². The average molecular weight is 253 g/mol. The van der Waals surface area contributed by atoms with E-state index in [1.54, 1.807) is 0 Å². The largest absolute Gasteiger partial charge is 0.330 e. The molecule has 0 spiro atoms. The van der Waals surface area contributed by atoms with Gasteiger partial charge in [0.15, 0.2) is 0 Å². The zero-order valence-electron chi connectivity index (χ0n) is 11.8. The molecular formula is C18H23N. The van der Waals surface area contributed by atoms with Crippen LogP contribution >= 0.6 is 0 Å². The summed E-state index contributed by atoms with van der Waals surface area (Å²) in [5.41, 5.74) is 9.90. The fraction of sp³-hybridized carbons (Fsp3) is 0.333. The summed E-state index contributed by atoms with van der Waals surface area (Å²) in [5, 5.41) is 0. The van der Waals surface area contributed by atoms with Crippen molar-refractivity contribution in [1.82, 2.24) is 0 Å². The SMILES string of the molecule is Cc1ccc(C(C)C(CCN)c2ccccc2)cc1. The molecule has 0 fully saturated rings. The molecule has 0 aromatic heterocycles. The minimum atomic E-state index is 0.492. The third kappa shape index (κ3) is 3.45. The van der Waals surface area contributed by atoms with E-state index in [2.05, 4.69) is 68.4 Å². The third-order valence-electron chi connectivity index (χ3n) is 3.91. The topological polar surface area (TPSA) is 26.0 Å². The van der Waals surface area contributed by atoms with Gasteiger partial charge in [-0.25, -0.2) is 0 Å². The monoisotopic (exact) mass is 253 g/mol. The Labute approximate surface area is 116 Å². The highest BCUT2D eigenvalue weighted by Crippen LogP contribution is 2.34. The van der Waals surface area contributed by atoms with E-state index in [0.717, 1.165) is 13.0 Å². The standard InChI is InChI=1S/C18H23N/c1-14-8-10-16(11-9-14)15(2)18(12-13-19)17-6-4-3-5-7-17/h3-11,15,18H,12-13,19H2,1-2H3. The lowest BCUT2D eigenvalue weighted by Gasteiger charge is -2.24. The maximum atomic E-state index is 5.81. The lowest BCUT2D eigenvalue weighted by atomic mass is 9.80.